The zero-order valence-corrected chi connectivity index (χ0v) is 10.5. The van der Waals surface area contributed by atoms with Crippen molar-refractivity contribution in [1.29, 1.82) is 0 Å². The summed E-state index contributed by atoms with van der Waals surface area (Å²) in [5.41, 5.74) is 0.976. The summed E-state index contributed by atoms with van der Waals surface area (Å²) in [6.45, 7) is 7.44. The zero-order chi connectivity index (χ0) is 12.0. The Hall–Kier alpha value is -1.02. The highest BCUT2D eigenvalue weighted by Gasteiger charge is 2.13. The summed E-state index contributed by atoms with van der Waals surface area (Å²) in [7, 11) is 0. The largest absolute Gasteiger partial charge is 0.508 e. The van der Waals surface area contributed by atoms with Crippen molar-refractivity contribution < 1.29 is 5.11 Å². The molecule has 2 atom stereocenters. The molecule has 0 saturated carbocycles. The molecular weight excluding hydrogens is 198 g/mol. The second-order valence-electron chi connectivity index (χ2n) is 4.41. The van der Waals surface area contributed by atoms with Gasteiger partial charge in [-0.15, -0.1) is 0 Å². The average Bonchev–Trinajstić information content (AvgIpc) is 2.31. The number of hydrogen-bond donors (Lipinski definition) is 2. The molecule has 1 rings (SSSR count). The van der Waals surface area contributed by atoms with E-state index in [4.69, 9.17) is 0 Å². The highest BCUT2D eigenvalue weighted by atomic mass is 16.3. The van der Waals surface area contributed by atoms with E-state index >= 15 is 0 Å². The molecule has 1 aromatic rings. The molecule has 0 aliphatic heterocycles. The second-order valence-corrected chi connectivity index (χ2v) is 4.41. The maximum Gasteiger partial charge on any atom is 0.120 e. The third-order valence-electron chi connectivity index (χ3n) is 3.32. The van der Waals surface area contributed by atoms with Gasteiger partial charge in [0, 0.05) is 18.2 Å². The number of rotatable bonds is 6. The molecule has 0 amide bonds. The second kappa shape index (κ2) is 6.54. The van der Waals surface area contributed by atoms with Gasteiger partial charge in [0.25, 0.3) is 0 Å². The first kappa shape index (κ1) is 13.0. The van der Waals surface area contributed by atoms with E-state index in [9.17, 15) is 5.11 Å². The van der Waals surface area contributed by atoms with Gasteiger partial charge in [0.15, 0.2) is 0 Å². The molecule has 0 aliphatic carbocycles. The molecule has 2 N–H and O–H groups in total. The Morgan fingerprint density at radius 3 is 2.44 bits per heavy atom. The first-order valence-corrected chi connectivity index (χ1v) is 6.19. The normalized spacial score (nSPS) is 14.7. The predicted molar refractivity (Wildman–Crippen MR) is 68.5 cm³/mol. The zero-order valence-electron chi connectivity index (χ0n) is 10.5. The van der Waals surface area contributed by atoms with Gasteiger partial charge in [0.2, 0.25) is 0 Å². The fourth-order valence-electron chi connectivity index (χ4n) is 1.93. The Balaban J connectivity index is 2.53. The van der Waals surface area contributed by atoms with Crippen LogP contribution in [0.15, 0.2) is 24.3 Å². The molecule has 0 radical (unpaired) electrons. The van der Waals surface area contributed by atoms with Gasteiger partial charge in [0.05, 0.1) is 0 Å². The van der Waals surface area contributed by atoms with Gasteiger partial charge in [-0.1, -0.05) is 45.4 Å². The highest BCUT2D eigenvalue weighted by molar-refractivity contribution is 5.31. The lowest BCUT2D eigenvalue weighted by molar-refractivity contribution is 0.353. The van der Waals surface area contributed by atoms with E-state index in [1.54, 1.807) is 6.07 Å². The molecule has 0 bridgehead atoms. The van der Waals surface area contributed by atoms with Crippen LogP contribution in [0, 0.1) is 5.92 Å². The minimum atomic E-state index is 0.383. The van der Waals surface area contributed by atoms with E-state index in [1.165, 1.54) is 6.42 Å². The van der Waals surface area contributed by atoms with Crippen molar-refractivity contribution in [3.05, 3.63) is 29.8 Å². The monoisotopic (exact) mass is 221 g/mol. The molecule has 1 aromatic carbocycles. The molecule has 0 spiro atoms. The molecule has 0 saturated heterocycles. The summed E-state index contributed by atoms with van der Waals surface area (Å²) in [4.78, 5) is 0. The lowest BCUT2D eigenvalue weighted by Gasteiger charge is -2.23. The summed E-state index contributed by atoms with van der Waals surface area (Å²) in [6, 6.07) is 8.04. The van der Waals surface area contributed by atoms with Crippen LogP contribution in [0.5, 0.6) is 5.75 Å². The van der Waals surface area contributed by atoms with Crippen LogP contribution in [-0.2, 0) is 6.54 Å². The number of hydrogen-bond acceptors (Lipinski definition) is 2. The summed E-state index contributed by atoms with van der Waals surface area (Å²) in [6.07, 6.45) is 2.31. The first-order chi connectivity index (χ1) is 7.69. The van der Waals surface area contributed by atoms with Crippen LogP contribution in [0.4, 0.5) is 0 Å². The minimum absolute atomic E-state index is 0.383. The Kier molecular flexibility index (Phi) is 5.33. The fraction of sp³-hybridized carbons (Fsp3) is 0.571. The van der Waals surface area contributed by atoms with E-state index in [2.05, 4.69) is 26.1 Å². The Bertz CT molecular complexity index is 311. The van der Waals surface area contributed by atoms with Crippen molar-refractivity contribution in [2.75, 3.05) is 0 Å². The highest BCUT2D eigenvalue weighted by Crippen LogP contribution is 2.17. The summed E-state index contributed by atoms with van der Waals surface area (Å²) in [5, 5.41) is 13.2. The lowest BCUT2D eigenvalue weighted by atomic mass is 9.97. The van der Waals surface area contributed by atoms with E-state index in [1.807, 2.05) is 18.2 Å². The minimum Gasteiger partial charge on any atom is -0.508 e. The molecule has 0 fully saturated rings. The average molecular weight is 221 g/mol. The van der Waals surface area contributed by atoms with Crippen LogP contribution in [0.3, 0.4) is 0 Å². The van der Waals surface area contributed by atoms with Gasteiger partial charge in [0.1, 0.15) is 5.75 Å². The van der Waals surface area contributed by atoms with Crippen molar-refractivity contribution in [3.63, 3.8) is 0 Å². The van der Waals surface area contributed by atoms with Crippen LogP contribution < -0.4 is 5.32 Å². The smallest absolute Gasteiger partial charge is 0.120 e. The standard InChI is InChI=1S/C14H23NO/c1-4-11(3)13(5-2)15-10-12-8-6-7-9-14(12)16/h6-9,11,13,15-16H,4-5,10H2,1-3H3/t11?,13-/m1/s1. The van der Waals surface area contributed by atoms with Crippen molar-refractivity contribution >= 4 is 0 Å². The number of benzene rings is 1. The van der Waals surface area contributed by atoms with Crippen molar-refractivity contribution in [1.82, 2.24) is 5.32 Å². The van der Waals surface area contributed by atoms with E-state index in [0.717, 1.165) is 18.5 Å². The van der Waals surface area contributed by atoms with Gasteiger partial charge in [-0.25, -0.2) is 0 Å². The van der Waals surface area contributed by atoms with Gasteiger partial charge in [-0.05, 0) is 18.4 Å². The molecule has 2 heteroatoms. The quantitative estimate of drug-likeness (QED) is 0.772. The van der Waals surface area contributed by atoms with Gasteiger partial charge >= 0.3 is 0 Å². The summed E-state index contributed by atoms with van der Waals surface area (Å²) in [5.74, 6) is 1.06. The summed E-state index contributed by atoms with van der Waals surface area (Å²) < 4.78 is 0. The van der Waals surface area contributed by atoms with Gasteiger partial charge in [-0.3, -0.25) is 0 Å². The third kappa shape index (κ3) is 3.53. The topological polar surface area (TPSA) is 32.3 Å². The molecule has 1 unspecified atom stereocenters. The number of phenols is 1. The molecule has 0 aliphatic rings. The van der Waals surface area contributed by atoms with E-state index < -0.39 is 0 Å². The predicted octanol–water partition coefficient (Wildman–Crippen LogP) is 3.31. The van der Waals surface area contributed by atoms with E-state index in [-0.39, 0.29) is 0 Å². The number of aromatic hydroxyl groups is 1. The van der Waals surface area contributed by atoms with Crippen LogP contribution in [-0.4, -0.2) is 11.1 Å². The van der Waals surface area contributed by atoms with Crippen molar-refractivity contribution in [3.8, 4) is 5.75 Å². The number of nitrogens with one attached hydrogen (secondary N) is 1. The SMILES string of the molecule is CCC(C)[C@@H](CC)NCc1ccccc1O. The maximum absolute atomic E-state index is 9.65. The molecule has 0 heterocycles. The van der Waals surface area contributed by atoms with Crippen LogP contribution >= 0.6 is 0 Å². The first-order valence-electron chi connectivity index (χ1n) is 6.19. The summed E-state index contributed by atoms with van der Waals surface area (Å²) >= 11 is 0. The van der Waals surface area contributed by atoms with E-state index in [0.29, 0.717) is 17.7 Å². The lowest BCUT2D eigenvalue weighted by Crippen LogP contribution is -2.33. The molecular formula is C14H23NO. The van der Waals surface area contributed by atoms with Crippen molar-refractivity contribution in [2.45, 2.75) is 46.2 Å². The third-order valence-corrected chi connectivity index (χ3v) is 3.32. The molecule has 2 nitrogen and oxygen atoms in total. The Labute approximate surface area is 98.7 Å². The van der Waals surface area contributed by atoms with Crippen LogP contribution in [0.25, 0.3) is 0 Å². The Morgan fingerprint density at radius 2 is 1.88 bits per heavy atom. The van der Waals surface area contributed by atoms with Gasteiger partial charge in [-0.2, -0.15) is 0 Å². The van der Waals surface area contributed by atoms with Crippen LogP contribution in [0.1, 0.15) is 39.2 Å². The fourth-order valence-corrected chi connectivity index (χ4v) is 1.93. The van der Waals surface area contributed by atoms with Gasteiger partial charge < -0.3 is 10.4 Å². The van der Waals surface area contributed by atoms with Crippen LogP contribution in [0.2, 0.25) is 0 Å². The molecule has 0 aromatic heterocycles. The van der Waals surface area contributed by atoms with Crippen molar-refractivity contribution in [2.24, 2.45) is 5.92 Å². The number of para-hydroxylation sites is 1. The Morgan fingerprint density at radius 1 is 1.19 bits per heavy atom. The number of phenolic OH excluding ortho intramolecular Hbond substituents is 1. The molecule has 16 heavy (non-hydrogen) atoms. The maximum atomic E-state index is 9.65. The molecule has 90 valence electrons.